The van der Waals surface area contributed by atoms with Crippen molar-refractivity contribution in [1.29, 1.82) is 5.41 Å². The van der Waals surface area contributed by atoms with Gasteiger partial charge in [0.2, 0.25) is 0 Å². The van der Waals surface area contributed by atoms with Crippen LogP contribution in [0.5, 0.6) is 17.2 Å². The predicted molar refractivity (Wildman–Crippen MR) is 145 cm³/mol. The van der Waals surface area contributed by atoms with Crippen molar-refractivity contribution in [3.63, 3.8) is 0 Å². The quantitative estimate of drug-likeness (QED) is 0.470. The number of hydrogen-bond acceptors (Lipinski definition) is 7. The van der Waals surface area contributed by atoms with E-state index in [0.717, 1.165) is 11.3 Å². The monoisotopic (exact) mass is 527 g/mol. The van der Waals surface area contributed by atoms with Crippen molar-refractivity contribution in [1.82, 2.24) is 4.90 Å². The summed E-state index contributed by atoms with van der Waals surface area (Å²) < 4.78 is 38.1. The molecule has 0 amide bonds. The number of benzene rings is 2. The van der Waals surface area contributed by atoms with E-state index in [-0.39, 0.29) is 48.0 Å². The number of anilines is 1. The number of morpholine rings is 1. The minimum atomic E-state index is -0.627. The number of amidine groups is 1. The van der Waals surface area contributed by atoms with Gasteiger partial charge in [-0.25, -0.2) is 4.39 Å². The fourth-order valence-electron chi connectivity index (χ4n) is 5.11. The van der Waals surface area contributed by atoms with E-state index >= 15 is 4.39 Å². The normalized spacial score (nSPS) is 15.5. The molecule has 2 heterocycles. The molecule has 0 unspecified atom stereocenters. The molecule has 0 aromatic heterocycles. The molecule has 2 aromatic rings. The summed E-state index contributed by atoms with van der Waals surface area (Å²) in [5, 5.41) is 8.72. The number of Topliss-reactive ketones (excluding diaryl/α,β-unsaturated/α-hetero) is 1. The van der Waals surface area contributed by atoms with Gasteiger partial charge in [0.05, 0.1) is 51.3 Å². The lowest BCUT2D eigenvalue weighted by molar-refractivity contribution is 0.0960. The number of fused-ring (bicyclic) bond motifs is 1. The molecule has 1 fully saturated rings. The topological polar surface area (TPSA) is 84.3 Å². The number of rotatable bonds is 9. The molecular weight excluding hydrogens is 489 g/mol. The number of nitrogens with one attached hydrogen (secondary N) is 1. The number of ether oxygens (including phenoxy) is 4. The molecule has 206 valence electrons. The van der Waals surface area contributed by atoms with Gasteiger partial charge in [-0.15, -0.1) is 0 Å². The first-order valence-corrected chi connectivity index (χ1v) is 13.1. The standard InChI is InChI=1S/C29H38FN3O5/c1-7-37-22-15-18-16-33(28(31)23(18)24(30)27(22)38-8-2)17-21(34)19-9-10-20(29(3,4)5)26(35-6)25(19)32-11-13-36-14-12-32/h9-10,15,31H,7-8,11-14,16-17H2,1-6H3. The summed E-state index contributed by atoms with van der Waals surface area (Å²) in [5.41, 5.74) is 2.83. The summed E-state index contributed by atoms with van der Waals surface area (Å²) in [7, 11) is 1.63. The fraction of sp³-hybridized carbons (Fsp3) is 0.517. The van der Waals surface area contributed by atoms with Crippen LogP contribution in [0.3, 0.4) is 0 Å². The summed E-state index contributed by atoms with van der Waals surface area (Å²) in [4.78, 5) is 17.5. The van der Waals surface area contributed by atoms with Gasteiger partial charge >= 0.3 is 0 Å². The van der Waals surface area contributed by atoms with Crippen LogP contribution in [0.4, 0.5) is 10.1 Å². The number of carbonyl (C=O) groups excluding carboxylic acids is 1. The third-order valence-corrected chi connectivity index (χ3v) is 6.88. The largest absolute Gasteiger partial charge is 0.494 e. The third kappa shape index (κ3) is 5.16. The fourth-order valence-corrected chi connectivity index (χ4v) is 5.11. The second-order valence-corrected chi connectivity index (χ2v) is 10.4. The van der Waals surface area contributed by atoms with Gasteiger partial charge in [0.1, 0.15) is 11.6 Å². The highest BCUT2D eigenvalue weighted by Crippen LogP contribution is 2.43. The van der Waals surface area contributed by atoms with Crippen LogP contribution < -0.4 is 19.1 Å². The second kappa shape index (κ2) is 11.2. The van der Waals surface area contributed by atoms with E-state index in [1.807, 2.05) is 19.1 Å². The molecular formula is C29H38FN3O5. The molecule has 1 saturated heterocycles. The van der Waals surface area contributed by atoms with Crippen LogP contribution in [0.2, 0.25) is 0 Å². The number of nitrogens with zero attached hydrogens (tertiary/aromatic N) is 2. The van der Waals surface area contributed by atoms with Crippen LogP contribution in [-0.4, -0.2) is 69.7 Å². The predicted octanol–water partition coefficient (Wildman–Crippen LogP) is 4.79. The van der Waals surface area contributed by atoms with Gasteiger partial charge in [0, 0.05) is 30.8 Å². The Labute approximate surface area is 224 Å². The number of methoxy groups -OCH3 is 1. The Morgan fingerprint density at radius 3 is 2.39 bits per heavy atom. The first-order chi connectivity index (χ1) is 18.1. The van der Waals surface area contributed by atoms with Gasteiger partial charge in [-0.3, -0.25) is 10.2 Å². The van der Waals surface area contributed by atoms with E-state index in [1.165, 1.54) is 0 Å². The molecule has 0 saturated carbocycles. The van der Waals surface area contributed by atoms with Gasteiger partial charge in [0.25, 0.3) is 0 Å². The minimum Gasteiger partial charge on any atom is -0.494 e. The first-order valence-electron chi connectivity index (χ1n) is 13.1. The maximum atomic E-state index is 15.5. The van der Waals surface area contributed by atoms with Crippen LogP contribution in [0.15, 0.2) is 18.2 Å². The van der Waals surface area contributed by atoms with Crippen molar-refractivity contribution in [2.24, 2.45) is 0 Å². The lowest BCUT2D eigenvalue weighted by atomic mass is 9.84. The molecule has 0 atom stereocenters. The minimum absolute atomic E-state index is 0.00290. The molecule has 1 N–H and O–H groups in total. The number of carbonyl (C=O) groups is 1. The number of hydrogen-bond donors (Lipinski definition) is 1. The van der Waals surface area contributed by atoms with Gasteiger partial charge < -0.3 is 28.7 Å². The molecule has 2 aliphatic heterocycles. The first kappa shape index (κ1) is 27.7. The van der Waals surface area contributed by atoms with Gasteiger partial charge in [0.15, 0.2) is 23.1 Å². The SMILES string of the molecule is CCOc1cc2c(c(F)c1OCC)C(=N)N(CC(=O)c1ccc(C(C)(C)C)c(OC)c1N1CCOCC1)C2. The molecule has 0 bridgehead atoms. The zero-order valence-electron chi connectivity index (χ0n) is 23.2. The van der Waals surface area contributed by atoms with E-state index in [1.54, 1.807) is 25.0 Å². The molecule has 8 nitrogen and oxygen atoms in total. The molecule has 38 heavy (non-hydrogen) atoms. The number of halogens is 1. The van der Waals surface area contributed by atoms with Crippen LogP contribution in [-0.2, 0) is 16.7 Å². The highest BCUT2D eigenvalue weighted by molar-refractivity contribution is 6.08. The maximum Gasteiger partial charge on any atom is 0.197 e. The summed E-state index contributed by atoms with van der Waals surface area (Å²) in [6.45, 7) is 13.1. The van der Waals surface area contributed by atoms with Crippen molar-refractivity contribution in [3.8, 4) is 17.2 Å². The van der Waals surface area contributed by atoms with E-state index in [0.29, 0.717) is 55.5 Å². The second-order valence-electron chi connectivity index (χ2n) is 10.4. The zero-order chi connectivity index (χ0) is 27.6. The molecule has 2 aromatic carbocycles. The Balaban J connectivity index is 1.69. The molecule has 0 spiro atoms. The molecule has 0 radical (unpaired) electrons. The van der Waals surface area contributed by atoms with Crippen molar-refractivity contribution in [2.45, 2.75) is 46.6 Å². The van der Waals surface area contributed by atoms with Crippen molar-refractivity contribution >= 4 is 17.3 Å². The summed E-state index contributed by atoms with van der Waals surface area (Å²) >= 11 is 0. The Morgan fingerprint density at radius 1 is 1.11 bits per heavy atom. The maximum absolute atomic E-state index is 15.5. The van der Waals surface area contributed by atoms with Crippen molar-refractivity contribution < 1.29 is 28.1 Å². The average Bonchev–Trinajstić information content (AvgIpc) is 3.20. The Kier molecular flexibility index (Phi) is 8.16. The lowest BCUT2D eigenvalue weighted by Crippen LogP contribution is -2.38. The summed E-state index contributed by atoms with van der Waals surface area (Å²) in [5.74, 6) is 0.155. The van der Waals surface area contributed by atoms with E-state index in [9.17, 15) is 4.79 Å². The molecule has 4 rings (SSSR count). The van der Waals surface area contributed by atoms with Crippen LogP contribution >= 0.6 is 0 Å². The van der Waals surface area contributed by atoms with Crippen LogP contribution in [0, 0.1) is 11.2 Å². The van der Waals surface area contributed by atoms with Gasteiger partial charge in [-0.1, -0.05) is 26.8 Å². The molecule has 0 aliphatic carbocycles. The van der Waals surface area contributed by atoms with Crippen LogP contribution in [0.25, 0.3) is 0 Å². The number of ketones is 1. The van der Waals surface area contributed by atoms with E-state index < -0.39 is 5.82 Å². The van der Waals surface area contributed by atoms with E-state index in [2.05, 4.69) is 25.7 Å². The smallest absolute Gasteiger partial charge is 0.197 e. The summed E-state index contributed by atoms with van der Waals surface area (Å²) in [6, 6.07) is 5.51. The Bertz CT molecular complexity index is 1220. The van der Waals surface area contributed by atoms with Gasteiger partial charge in [-0.05, 0) is 37.0 Å². The Hall–Kier alpha value is -3.33. The Morgan fingerprint density at radius 2 is 1.79 bits per heavy atom. The van der Waals surface area contributed by atoms with Crippen molar-refractivity contribution in [2.75, 3.05) is 58.1 Å². The summed E-state index contributed by atoms with van der Waals surface area (Å²) in [6.07, 6.45) is 0. The molecule has 9 heteroatoms. The van der Waals surface area contributed by atoms with Gasteiger partial charge in [-0.2, -0.15) is 0 Å². The van der Waals surface area contributed by atoms with Crippen LogP contribution in [0.1, 0.15) is 61.7 Å². The highest BCUT2D eigenvalue weighted by atomic mass is 19.1. The third-order valence-electron chi connectivity index (χ3n) is 6.88. The van der Waals surface area contributed by atoms with Crippen molar-refractivity contribution in [3.05, 3.63) is 46.3 Å². The van der Waals surface area contributed by atoms with E-state index in [4.69, 9.17) is 24.4 Å². The average molecular weight is 528 g/mol. The zero-order valence-corrected chi connectivity index (χ0v) is 23.2. The highest BCUT2D eigenvalue weighted by Gasteiger charge is 2.35. The molecule has 2 aliphatic rings. The lowest BCUT2D eigenvalue weighted by Gasteiger charge is -2.34.